The van der Waals surface area contributed by atoms with E-state index >= 15 is 0 Å². The van der Waals surface area contributed by atoms with Crippen LogP contribution in [0.4, 0.5) is 0 Å². The maximum absolute atomic E-state index is 12.6. The fourth-order valence-corrected chi connectivity index (χ4v) is 4.19. The first-order chi connectivity index (χ1) is 18.3. The van der Waals surface area contributed by atoms with Crippen molar-refractivity contribution in [3.05, 3.63) is 23.3 Å². The zero-order valence-corrected chi connectivity index (χ0v) is 26.5. The summed E-state index contributed by atoms with van der Waals surface area (Å²) >= 11 is 0. The molecular weight excluding hydrogens is 492 g/mol. The minimum absolute atomic E-state index is 0.112. The lowest BCUT2D eigenvalue weighted by Gasteiger charge is -2.20. The van der Waals surface area contributed by atoms with E-state index in [4.69, 9.17) is 14.2 Å². The van der Waals surface area contributed by atoms with Gasteiger partial charge in [-0.25, -0.2) is 0 Å². The highest BCUT2D eigenvalue weighted by atomic mass is 16.6. The van der Waals surface area contributed by atoms with E-state index in [0.717, 1.165) is 44.9 Å². The molecular formula is C33H58O6. The second kappa shape index (κ2) is 21.7. The molecule has 6 heteroatoms. The Morgan fingerprint density at radius 1 is 0.590 bits per heavy atom. The molecule has 0 spiro atoms. The first-order valence-corrected chi connectivity index (χ1v) is 15.1. The lowest BCUT2D eigenvalue weighted by molar-refractivity contribution is -0.168. The molecule has 0 aromatic carbocycles. The van der Waals surface area contributed by atoms with Crippen LogP contribution >= 0.6 is 0 Å². The van der Waals surface area contributed by atoms with Crippen LogP contribution < -0.4 is 0 Å². The van der Waals surface area contributed by atoms with Crippen LogP contribution in [0.15, 0.2) is 23.3 Å². The molecule has 0 aliphatic rings. The molecule has 226 valence electrons. The fourth-order valence-electron chi connectivity index (χ4n) is 4.19. The van der Waals surface area contributed by atoms with Crippen molar-refractivity contribution in [2.75, 3.05) is 13.2 Å². The molecule has 0 aromatic rings. The molecule has 0 amide bonds. The van der Waals surface area contributed by atoms with Gasteiger partial charge in [-0.2, -0.15) is 0 Å². The highest BCUT2D eigenvalue weighted by molar-refractivity contribution is 5.71. The second-order valence-corrected chi connectivity index (χ2v) is 12.4. The summed E-state index contributed by atoms with van der Waals surface area (Å²) < 4.78 is 16.5. The zero-order chi connectivity index (χ0) is 29.8. The van der Waals surface area contributed by atoms with Crippen molar-refractivity contribution in [1.82, 2.24) is 0 Å². The van der Waals surface area contributed by atoms with Gasteiger partial charge in [0.2, 0.25) is 0 Å². The van der Waals surface area contributed by atoms with Gasteiger partial charge in [0.05, 0.1) is 0 Å². The molecule has 4 atom stereocenters. The van der Waals surface area contributed by atoms with Gasteiger partial charge in [0, 0.05) is 19.3 Å². The molecule has 0 fully saturated rings. The van der Waals surface area contributed by atoms with Gasteiger partial charge in [-0.15, -0.1) is 0 Å². The van der Waals surface area contributed by atoms with Gasteiger partial charge in [-0.05, 0) is 77.0 Å². The van der Waals surface area contributed by atoms with Crippen molar-refractivity contribution in [1.29, 1.82) is 0 Å². The molecule has 0 N–H and O–H groups in total. The predicted molar refractivity (Wildman–Crippen MR) is 159 cm³/mol. The van der Waals surface area contributed by atoms with Gasteiger partial charge in [0.1, 0.15) is 13.2 Å². The van der Waals surface area contributed by atoms with E-state index in [0.29, 0.717) is 18.8 Å². The summed E-state index contributed by atoms with van der Waals surface area (Å²) in [6.07, 6.45) is 11.2. The smallest absolute Gasteiger partial charge is 0.306 e. The summed E-state index contributed by atoms with van der Waals surface area (Å²) in [5.41, 5.74) is 2.52. The Hall–Kier alpha value is -2.11. The Balaban J connectivity index is 4.87. The van der Waals surface area contributed by atoms with Crippen molar-refractivity contribution >= 4 is 17.9 Å². The highest BCUT2D eigenvalue weighted by Crippen LogP contribution is 2.17. The largest absolute Gasteiger partial charge is 0.462 e. The van der Waals surface area contributed by atoms with E-state index in [1.54, 1.807) is 0 Å². The van der Waals surface area contributed by atoms with Gasteiger partial charge in [0.15, 0.2) is 6.10 Å². The molecule has 0 radical (unpaired) electrons. The zero-order valence-electron chi connectivity index (χ0n) is 26.5. The van der Waals surface area contributed by atoms with Gasteiger partial charge < -0.3 is 14.2 Å². The fraction of sp³-hybridized carbons (Fsp3) is 0.788. The number of allylic oxidation sites excluding steroid dienone is 4. The molecule has 0 aromatic heterocycles. The summed E-state index contributed by atoms with van der Waals surface area (Å²) in [6.45, 7) is 18.5. The maximum atomic E-state index is 12.6. The standard InChI is InChI=1S/C33H58O6/c1-24(2)13-10-16-27(7)19-31(34)37-22-30(39-33(36)21-29(9)18-12-15-26(5)6)23-38-32(35)20-28(8)17-11-14-25(3)4/h13,15,25,27-30H,10-12,14,16-23H2,1-9H3. The average Bonchev–Trinajstić information content (AvgIpc) is 2.79. The minimum Gasteiger partial charge on any atom is -0.462 e. The van der Waals surface area contributed by atoms with Crippen LogP contribution in [0.5, 0.6) is 0 Å². The molecule has 0 heterocycles. The Bertz CT molecular complexity index is 758. The average molecular weight is 551 g/mol. The van der Waals surface area contributed by atoms with Crippen LogP contribution in [-0.4, -0.2) is 37.2 Å². The van der Waals surface area contributed by atoms with Crippen LogP contribution in [0.2, 0.25) is 0 Å². The molecule has 4 unspecified atom stereocenters. The third-order valence-electron chi connectivity index (χ3n) is 6.61. The van der Waals surface area contributed by atoms with Crippen LogP contribution in [0.25, 0.3) is 0 Å². The summed E-state index contributed by atoms with van der Waals surface area (Å²) in [5, 5.41) is 0. The molecule has 0 saturated carbocycles. The number of esters is 3. The van der Waals surface area contributed by atoms with Gasteiger partial charge in [-0.1, -0.05) is 77.2 Å². The minimum atomic E-state index is -0.812. The van der Waals surface area contributed by atoms with E-state index in [9.17, 15) is 14.4 Å². The van der Waals surface area contributed by atoms with E-state index < -0.39 is 6.10 Å². The molecule has 0 aliphatic carbocycles. The number of ether oxygens (including phenoxy) is 3. The van der Waals surface area contributed by atoms with Crippen molar-refractivity contribution in [2.24, 2.45) is 23.7 Å². The van der Waals surface area contributed by atoms with Gasteiger partial charge in [-0.3, -0.25) is 14.4 Å². The van der Waals surface area contributed by atoms with Crippen molar-refractivity contribution in [3.63, 3.8) is 0 Å². The quantitative estimate of drug-likeness (QED) is 0.0811. The van der Waals surface area contributed by atoms with Crippen LogP contribution in [0.3, 0.4) is 0 Å². The van der Waals surface area contributed by atoms with Crippen LogP contribution in [0.1, 0.15) is 127 Å². The first kappa shape index (κ1) is 36.9. The van der Waals surface area contributed by atoms with Gasteiger partial charge >= 0.3 is 17.9 Å². The highest BCUT2D eigenvalue weighted by Gasteiger charge is 2.22. The maximum Gasteiger partial charge on any atom is 0.306 e. The number of hydrogen-bond acceptors (Lipinski definition) is 6. The molecule has 0 aliphatic heterocycles. The summed E-state index contributed by atoms with van der Waals surface area (Å²) in [7, 11) is 0. The third kappa shape index (κ3) is 23.5. The van der Waals surface area contributed by atoms with Crippen molar-refractivity contribution in [3.8, 4) is 0 Å². The Morgan fingerprint density at radius 2 is 1.00 bits per heavy atom. The lowest BCUT2D eigenvalue weighted by Crippen LogP contribution is -2.31. The molecule has 0 rings (SSSR count). The number of carbonyl (C=O) groups is 3. The predicted octanol–water partition coefficient (Wildman–Crippen LogP) is 8.38. The van der Waals surface area contributed by atoms with E-state index in [-0.39, 0.29) is 55.3 Å². The third-order valence-corrected chi connectivity index (χ3v) is 6.61. The summed E-state index contributed by atoms with van der Waals surface area (Å²) in [4.78, 5) is 37.5. The molecule has 0 saturated heterocycles. The molecule has 39 heavy (non-hydrogen) atoms. The monoisotopic (exact) mass is 550 g/mol. The van der Waals surface area contributed by atoms with E-state index in [1.165, 1.54) is 11.1 Å². The van der Waals surface area contributed by atoms with Gasteiger partial charge in [0.25, 0.3) is 0 Å². The summed E-state index contributed by atoms with van der Waals surface area (Å²) in [5.74, 6) is 0.206. The molecule has 6 nitrogen and oxygen atoms in total. The topological polar surface area (TPSA) is 78.9 Å². The SMILES string of the molecule is CC(C)=CCCC(C)CC(=O)OCC(COC(=O)CC(C)CCCC(C)C)OC(=O)CC(C)CCC=C(C)C. The number of carbonyl (C=O) groups excluding carboxylic acids is 3. The number of hydrogen-bond donors (Lipinski definition) is 0. The van der Waals surface area contributed by atoms with Crippen molar-refractivity contribution < 1.29 is 28.6 Å². The Morgan fingerprint density at radius 3 is 1.41 bits per heavy atom. The molecule has 0 bridgehead atoms. The number of rotatable bonds is 21. The summed E-state index contributed by atoms with van der Waals surface area (Å²) in [6, 6.07) is 0. The normalized spacial score (nSPS) is 14.1. The van der Waals surface area contributed by atoms with Crippen LogP contribution in [0, 0.1) is 23.7 Å². The van der Waals surface area contributed by atoms with Crippen molar-refractivity contribution in [2.45, 2.75) is 133 Å². The first-order valence-electron chi connectivity index (χ1n) is 15.1. The van der Waals surface area contributed by atoms with E-state index in [2.05, 4.69) is 60.6 Å². The second-order valence-electron chi connectivity index (χ2n) is 12.4. The Kier molecular flexibility index (Phi) is 20.5. The van der Waals surface area contributed by atoms with Crippen LogP contribution in [-0.2, 0) is 28.6 Å². The Labute approximate surface area is 239 Å². The lowest BCUT2D eigenvalue weighted by atomic mass is 9.97. The van der Waals surface area contributed by atoms with E-state index in [1.807, 2.05) is 13.8 Å².